The summed E-state index contributed by atoms with van der Waals surface area (Å²) in [6, 6.07) is 8.12. The number of carbonyl (C=O) groups is 1. The van der Waals surface area contributed by atoms with Gasteiger partial charge < -0.3 is 4.74 Å². The fraction of sp³-hybridized carbons (Fsp3) is 0.429. The first-order valence-corrected chi connectivity index (χ1v) is 6.32. The zero-order valence-electron chi connectivity index (χ0n) is 11.1. The summed E-state index contributed by atoms with van der Waals surface area (Å²) >= 11 is 0. The van der Waals surface area contributed by atoms with E-state index < -0.39 is 0 Å². The minimum Gasteiger partial charge on any atom is -0.463 e. The van der Waals surface area contributed by atoms with E-state index >= 15 is 0 Å². The highest BCUT2D eigenvalue weighted by Crippen LogP contribution is 2.13. The molecule has 1 aromatic carbocycles. The molecule has 0 N–H and O–H groups in total. The molecule has 0 unspecified atom stereocenters. The number of carbonyl (C=O) groups excluding carboxylic acids is 1. The van der Waals surface area contributed by atoms with E-state index in [0.717, 1.165) is 23.4 Å². The molecule has 0 fully saturated rings. The zero-order valence-corrected chi connectivity index (χ0v) is 11.1. The number of rotatable bonds is 4. The molecule has 0 radical (unpaired) electrons. The number of esters is 1. The number of nitrogens with zero attached hydrogens (tertiary/aromatic N) is 2. The van der Waals surface area contributed by atoms with E-state index in [9.17, 15) is 4.79 Å². The highest BCUT2D eigenvalue weighted by Gasteiger charge is 2.22. The van der Waals surface area contributed by atoms with Crippen molar-refractivity contribution in [2.45, 2.75) is 33.9 Å². The van der Waals surface area contributed by atoms with Crippen LogP contribution in [0.2, 0.25) is 0 Å². The van der Waals surface area contributed by atoms with Crippen LogP contribution in [0.3, 0.4) is 0 Å². The number of hydrogen-bond donors (Lipinski definition) is 0. The minimum atomic E-state index is -0.190. The Morgan fingerprint density at radius 2 is 2.06 bits per heavy atom. The van der Waals surface area contributed by atoms with E-state index in [1.54, 1.807) is 0 Å². The van der Waals surface area contributed by atoms with Crippen molar-refractivity contribution >= 4 is 17.0 Å². The summed E-state index contributed by atoms with van der Waals surface area (Å²) in [6.45, 7) is 7.54. The second-order valence-electron chi connectivity index (χ2n) is 4.17. The number of hydrogen-bond acceptors (Lipinski definition) is 2. The Hall–Kier alpha value is -1.84. The Labute approximate surface area is 107 Å². The molecule has 0 amide bonds. The zero-order chi connectivity index (χ0) is 13.1. The fourth-order valence-corrected chi connectivity index (χ4v) is 2.35. The van der Waals surface area contributed by atoms with Gasteiger partial charge in [-0.05, 0) is 26.0 Å². The molecule has 0 aliphatic heterocycles. The lowest BCUT2D eigenvalue weighted by molar-refractivity contribution is -0.667. The molecule has 0 atom stereocenters. The van der Waals surface area contributed by atoms with Gasteiger partial charge in [0.2, 0.25) is 0 Å². The van der Waals surface area contributed by atoms with Gasteiger partial charge in [0.1, 0.15) is 0 Å². The molecule has 0 aliphatic rings. The molecule has 4 heteroatoms. The SMILES string of the molecule is CCOC(=O)C[n+]1c(C)n(CC)c2ccccc21. The third-order valence-corrected chi connectivity index (χ3v) is 3.15. The molecule has 1 heterocycles. The van der Waals surface area contributed by atoms with Crippen LogP contribution in [0.4, 0.5) is 0 Å². The summed E-state index contributed by atoms with van der Waals surface area (Å²) < 4.78 is 9.24. The van der Waals surface area contributed by atoms with Crippen LogP contribution in [0.25, 0.3) is 11.0 Å². The predicted molar refractivity (Wildman–Crippen MR) is 69.2 cm³/mol. The van der Waals surface area contributed by atoms with E-state index in [2.05, 4.69) is 17.6 Å². The molecule has 2 rings (SSSR count). The van der Waals surface area contributed by atoms with Crippen molar-refractivity contribution in [3.05, 3.63) is 30.1 Å². The van der Waals surface area contributed by atoms with Gasteiger partial charge in [-0.15, -0.1) is 0 Å². The smallest absolute Gasteiger partial charge is 0.348 e. The minimum absolute atomic E-state index is 0.190. The fourth-order valence-electron chi connectivity index (χ4n) is 2.35. The van der Waals surface area contributed by atoms with E-state index in [4.69, 9.17) is 4.74 Å². The molecule has 2 aromatic rings. The summed E-state index contributed by atoms with van der Waals surface area (Å²) in [4.78, 5) is 11.7. The van der Waals surface area contributed by atoms with Crippen LogP contribution in [0.5, 0.6) is 0 Å². The number of imidazole rings is 1. The maximum atomic E-state index is 11.7. The molecular formula is C14H19N2O2+. The molecule has 0 bridgehead atoms. The normalized spacial score (nSPS) is 10.8. The molecule has 0 saturated carbocycles. The first kappa shape index (κ1) is 12.6. The highest BCUT2D eigenvalue weighted by atomic mass is 16.5. The van der Waals surface area contributed by atoms with Crippen LogP contribution in [0, 0.1) is 6.92 Å². The molecule has 0 spiro atoms. The van der Waals surface area contributed by atoms with Crippen molar-refractivity contribution in [2.24, 2.45) is 0 Å². The molecule has 0 saturated heterocycles. The van der Waals surface area contributed by atoms with Crippen LogP contribution < -0.4 is 4.57 Å². The first-order chi connectivity index (χ1) is 8.69. The van der Waals surface area contributed by atoms with Crippen LogP contribution in [-0.2, 0) is 22.6 Å². The van der Waals surface area contributed by atoms with Crippen molar-refractivity contribution in [1.82, 2.24) is 4.57 Å². The van der Waals surface area contributed by atoms with Crippen molar-refractivity contribution in [1.29, 1.82) is 0 Å². The number of fused-ring (bicyclic) bond motifs is 1. The number of para-hydroxylation sites is 2. The van der Waals surface area contributed by atoms with Crippen molar-refractivity contribution in [3.63, 3.8) is 0 Å². The molecule has 96 valence electrons. The summed E-state index contributed by atoms with van der Waals surface area (Å²) in [6.07, 6.45) is 0. The van der Waals surface area contributed by atoms with Crippen LogP contribution >= 0.6 is 0 Å². The molecule has 0 aliphatic carbocycles. The van der Waals surface area contributed by atoms with Gasteiger partial charge in [-0.25, -0.2) is 13.9 Å². The Bertz CT molecular complexity index is 572. The average molecular weight is 247 g/mol. The predicted octanol–water partition coefficient (Wildman–Crippen LogP) is 1.82. The van der Waals surface area contributed by atoms with E-state index in [1.807, 2.05) is 36.6 Å². The second-order valence-corrected chi connectivity index (χ2v) is 4.17. The third-order valence-electron chi connectivity index (χ3n) is 3.15. The third kappa shape index (κ3) is 2.10. The Balaban J connectivity index is 2.49. The molecule has 1 aromatic heterocycles. The van der Waals surface area contributed by atoms with E-state index in [0.29, 0.717) is 6.61 Å². The van der Waals surface area contributed by atoms with Gasteiger partial charge in [-0.1, -0.05) is 12.1 Å². The van der Waals surface area contributed by atoms with E-state index in [1.165, 1.54) is 0 Å². The van der Waals surface area contributed by atoms with Gasteiger partial charge in [0.05, 0.1) is 13.2 Å². The standard InChI is InChI=1S/C14H19N2O2/c1-4-15-11(3)16(10-14(17)18-5-2)13-9-7-6-8-12(13)15/h6-9H,4-5,10H2,1-3H3/q+1. The monoisotopic (exact) mass is 247 g/mol. The Morgan fingerprint density at radius 3 is 2.72 bits per heavy atom. The summed E-state index contributed by atoms with van der Waals surface area (Å²) in [5.74, 6) is 0.886. The van der Waals surface area contributed by atoms with Gasteiger partial charge in [-0.2, -0.15) is 0 Å². The average Bonchev–Trinajstić information content (AvgIpc) is 2.63. The molecular weight excluding hydrogens is 228 g/mol. The lowest BCUT2D eigenvalue weighted by Gasteiger charge is -2.01. The number of benzene rings is 1. The van der Waals surface area contributed by atoms with Crippen LogP contribution in [0.1, 0.15) is 19.7 Å². The van der Waals surface area contributed by atoms with Crippen molar-refractivity contribution < 1.29 is 14.1 Å². The van der Waals surface area contributed by atoms with Crippen molar-refractivity contribution in [2.75, 3.05) is 6.61 Å². The highest BCUT2D eigenvalue weighted by molar-refractivity contribution is 5.73. The largest absolute Gasteiger partial charge is 0.463 e. The van der Waals surface area contributed by atoms with E-state index in [-0.39, 0.29) is 12.5 Å². The first-order valence-electron chi connectivity index (χ1n) is 6.32. The van der Waals surface area contributed by atoms with Gasteiger partial charge in [-0.3, -0.25) is 0 Å². The van der Waals surface area contributed by atoms with Gasteiger partial charge in [0, 0.05) is 6.92 Å². The number of aryl methyl sites for hydroxylation is 1. The number of ether oxygens (including phenoxy) is 1. The summed E-state index contributed by atoms with van der Waals surface area (Å²) in [5.41, 5.74) is 2.23. The maximum absolute atomic E-state index is 11.7. The summed E-state index contributed by atoms with van der Waals surface area (Å²) in [7, 11) is 0. The van der Waals surface area contributed by atoms with Crippen LogP contribution in [0.15, 0.2) is 24.3 Å². The maximum Gasteiger partial charge on any atom is 0.348 e. The lowest BCUT2D eigenvalue weighted by Crippen LogP contribution is -2.41. The number of aromatic nitrogens is 2. The second kappa shape index (κ2) is 5.21. The molecule has 18 heavy (non-hydrogen) atoms. The van der Waals surface area contributed by atoms with Crippen LogP contribution in [-0.4, -0.2) is 17.1 Å². The topological polar surface area (TPSA) is 35.1 Å². The van der Waals surface area contributed by atoms with Gasteiger partial charge in [0.25, 0.3) is 5.82 Å². The quantitative estimate of drug-likeness (QED) is 0.610. The summed E-state index contributed by atoms with van der Waals surface area (Å²) in [5, 5.41) is 0. The Morgan fingerprint density at radius 1 is 1.33 bits per heavy atom. The van der Waals surface area contributed by atoms with Gasteiger partial charge >= 0.3 is 5.97 Å². The Kier molecular flexibility index (Phi) is 3.65. The van der Waals surface area contributed by atoms with Crippen molar-refractivity contribution in [3.8, 4) is 0 Å². The lowest BCUT2D eigenvalue weighted by atomic mass is 10.3. The molecule has 4 nitrogen and oxygen atoms in total. The van der Waals surface area contributed by atoms with Gasteiger partial charge in [0.15, 0.2) is 17.6 Å².